The van der Waals surface area contributed by atoms with Crippen molar-refractivity contribution in [2.45, 2.75) is 40.0 Å². The van der Waals surface area contributed by atoms with Crippen molar-refractivity contribution in [3.63, 3.8) is 0 Å². The van der Waals surface area contributed by atoms with Crippen LogP contribution in [0.1, 0.15) is 40.0 Å². The second-order valence-corrected chi connectivity index (χ2v) is 5.73. The van der Waals surface area contributed by atoms with Crippen LogP contribution >= 0.6 is 0 Å². The summed E-state index contributed by atoms with van der Waals surface area (Å²) in [6, 6.07) is 2.14. The first-order chi connectivity index (χ1) is 6.81. The predicted octanol–water partition coefficient (Wildman–Crippen LogP) is 2.18. The lowest BCUT2D eigenvalue weighted by Crippen LogP contribution is -2.35. The number of carbonyl (C=O) groups is 1. The summed E-state index contributed by atoms with van der Waals surface area (Å²) in [6.07, 6.45) is 2.45. The molecule has 1 aliphatic carbocycles. The molecule has 0 aliphatic heterocycles. The van der Waals surface area contributed by atoms with Crippen LogP contribution in [0.25, 0.3) is 0 Å². The van der Waals surface area contributed by atoms with Crippen LogP contribution in [0, 0.1) is 22.2 Å². The van der Waals surface area contributed by atoms with E-state index in [1.807, 2.05) is 0 Å². The van der Waals surface area contributed by atoms with Gasteiger partial charge in [0.05, 0.1) is 6.07 Å². The highest BCUT2D eigenvalue weighted by atomic mass is 16.2. The fourth-order valence-corrected chi connectivity index (χ4v) is 1.47. The molecule has 0 aromatic carbocycles. The minimum Gasteiger partial charge on any atom is -0.344 e. The Hall–Kier alpha value is -1.04. The molecule has 0 heterocycles. The van der Waals surface area contributed by atoms with E-state index >= 15 is 0 Å². The fraction of sp³-hybridized carbons (Fsp3) is 0.833. The van der Waals surface area contributed by atoms with Gasteiger partial charge >= 0.3 is 0 Å². The second-order valence-electron chi connectivity index (χ2n) is 5.73. The van der Waals surface area contributed by atoms with Crippen molar-refractivity contribution >= 4 is 5.91 Å². The summed E-state index contributed by atoms with van der Waals surface area (Å²) in [5, 5.41) is 8.91. The molecule has 0 saturated heterocycles. The summed E-state index contributed by atoms with van der Waals surface area (Å²) in [6.45, 7) is 7.21. The van der Waals surface area contributed by atoms with Crippen LogP contribution in [-0.4, -0.2) is 24.4 Å². The lowest BCUT2D eigenvalue weighted by molar-refractivity contribution is -0.133. The maximum atomic E-state index is 11.9. The summed E-state index contributed by atoms with van der Waals surface area (Å²) < 4.78 is 0. The van der Waals surface area contributed by atoms with Crippen LogP contribution in [0.15, 0.2) is 0 Å². The molecule has 0 aromatic heterocycles. The smallest absolute Gasteiger partial charge is 0.242 e. The molecule has 3 heteroatoms. The van der Waals surface area contributed by atoms with Crippen molar-refractivity contribution in [1.82, 2.24) is 4.90 Å². The summed E-state index contributed by atoms with van der Waals surface area (Å²) in [5.41, 5.74) is -0.426. The van der Waals surface area contributed by atoms with Crippen LogP contribution < -0.4 is 0 Å². The Balaban J connectivity index is 2.45. The van der Waals surface area contributed by atoms with Crippen LogP contribution in [0.4, 0.5) is 0 Å². The molecule has 1 aliphatic rings. The number of hydrogen-bond donors (Lipinski definition) is 0. The van der Waals surface area contributed by atoms with Gasteiger partial charge in [0.25, 0.3) is 0 Å². The molecule has 0 radical (unpaired) electrons. The molecule has 1 rings (SSSR count). The average molecular weight is 208 g/mol. The zero-order chi connectivity index (χ0) is 11.7. The van der Waals surface area contributed by atoms with Crippen molar-refractivity contribution in [3.05, 3.63) is 0 Å². The molecular weight excluding hydrogens is 188 g/mol. The monoisotopic (exact) mass is 208 g/mol. The van der Waals surface area contributed by atoms with E-state index in [2.05, 4.69) is 26.8 Å². The Labute approximate surface area is 92.1 Å². The molecule has 0 unspecified atom stereocenters. The quantitative estimate of drug-likeness (QED) is 0.713. The van der Waals surface area contributed by atoms with E-state index in [4.69, 9.17) is 5.26 Å². The summed E-state index contributed by atoms with van der Waals surface area (Å²) in [5.74, 6) is 0.00856. The normalized spacial score (nSPS) is 18.1. The Bertz CT molecular complexity index is 292. The maximum Gasteiger partial charge on any atom is 0.242 e. The number of hydrogen-bond acceptors (Lipinski definition) is 2. The van der Waals surface area contributed by atoms with Crippen molar-refractivity contribution in [3.8, 4) is 6.07 Å². The molecule has 3 nitrogen and oxygen atoms in total. The molecule has 15 heavy (non-hydrogen) atoms. The van der Waals surface area contributed by atoms with E-state index in [0.29, 0.717) is 0 Å². The first kappa shape index (κ1) is 12.0. The van der Waals surface area contributed by atoms with Crippen LogP contribution in [-0.2, 0) is 4.79 Å². The summed E-state index contributed by atoms with van der Waals surface area (Å²) >= 11 is 0. The maximum absolute atomic E-state index is 11.9. The Morgan fingerprint density at radius 1 is 1.47 bits per heavy atom. The Kier molecular flexibility index (Phi) is 3.08. The van der Waals surface area contributed by atoms with E-state index < -0.39 is 5.41 Å². The van der Waals surface area contributed by atoms with Crippen molar-refractivity contribution in [2.75, 3.05) is 13.6 Å². The van der Waals surface area contributed by atoms with Gasteiger partial charge in [-0.3, -0.25) is 4.79 Å². The Morgan fingerprint density at radius 3 is 2.33 bits per heavy atom. The molecule has 1 fully saturated rings. The van der Waals surface area contributed by atoms with E-state index in [9.17, 15) is 4.79 Å². The number of nitrogens with zero attached hydrogens (tertiary/aromatic N) is 2. The van der Waals surface area contributed by atoms with Crippen LogP contribution in [0.3, 0.4) is 0 Å². The van der Waals surface area contributed by atoms with E-state index in [1.54, 1.807) is 11.9 Å². The van der Waals surface area contributed by atoms with Crippen LogP contribution in [0.2, 0.25) is 0 Å². The summed E-state index contributed by atoms with van der Waals surface area (Å²) in [7, 11) is 1.80. The van der Waals surface area contributed by atoms with E-state index in [-0.39, 0.29) is 11.3 Å². The topological polar surface area (TPSA) is 44.1 Å². The molecule has 1 amide bonds. The Morgan fingerprint density at radius 2 is 2.00 bits per heavy atom. The van der Waals surface area contributed by atoms with Crippen molar-refractivity contribution < 1.29 is 4.79 Å². The highest BCUT2D eigenvalue weighted by molar-refractivity contribution is 5.88. The first-order valence-corrected chi connectivity index (χ1v) is 5.48. The first-order valence-electron chi connectivity index (χ1n) is 5.48. The lowest BCUT2D eigenvalue weighted by Gasteiger charge is -2.25. The number of rotatable bonds is 3. The van der Waals surface area contributed by atoms with Gasteiger partial charge in [-0.25, -0.2) is 0 Å². The minimum absolute atomic E-state index is 0.00856. The second kappa shape index (κ2) is 3.84. The standard InChI is InChI=1S/C12H20N2O/c1-11(2,3)7-8-14(4)10(15)12(9-13)5-6-12/h5-8H2,1-4H3. The van der Waals surface area contributed by atoms with E-state index in [0.717, 1.165) is 25.8 Å². The van der Waals surface area contributed by atoms with Gasteiger partial charge in [-0.15, -0.1) is 0 Å². The average Bonchev–Trinajstić information content (AvgIpc) is 2.92. The van der Waals surface area contributed by atoms with Gasteiger partial charge in [-0.1, -0.05) is 20.8 Å². The third-order valence-corrected chi connectivity index (χ3v) is 2.92. The zero-order valence-electron chi connectivity index (χ0n) is 10.1. The number of nitriles is 1. The largest absolute Gasteiger partial charge is 0.344 e. The zero-order valence-corrected chi connectivity index (χ0v) is 10.1. The molecule has 0 N–H and O–H groups in total. The van der Waals surface area contributed by atoms with Gasteiger partial charge in [0.1, 0.15) is 5.41 Å². The molecule has 84 valence electrons. The number of carbonyl (C=O) groups excluding carboxylic acids is 1. The fourth-order valence-electron chi connectivity index (χ4n) is 1.47. The predicted molar refractivity (Wildman–Crippen MR) is 59.0 cm³/mol. The third-order valence-electron chi connectivity index (χ3n) is 2.92. The molecule has 0 aromatic rings. The van der Waals surface area contributed by atoms with Crippen molar-refractivity contribution in [1.29, 1.82) is 5.26 Å². The highest BCUT2D eigenvalue weighted by Crippen LogP contribution is 2.46. The van der Waals surface area contributed by atoms with Gasteiger partial charge in [0.15, 0.2) is 0 Å². The lowest BCUT2D eigenvalue weighted by atomic mass is 9.92. The summed E-state index contributed by atoms with van der Waals surface area (Å²) in [4.78, 5) is 13.6. The molecule has 0 bridgehead atoms. The molecule has 0 atom stereocenters. The number of amides is 1. The van der Waals surface area contributed by atoms with Gasteiger partial charge in [-0.05, 0) is 24.7 Å². The molecule has 0 spiro atoms. The SMILES string of the molecule is CN(CCC(C)(C)C)C(=O)C1(C#N)CC1. The van der Waals surface area contributed by atoms with Gasteiger partial charge < -0.3 is 4.90 Å². The highest BCUT2D eigenvalue weighted by Gasteiger charge is 2.51. The third kappa shape index (κ3) is 2.95. The van der Waals surface area contributed by atoms with Gasteiger partial charge in [-0.2, -0.15) is 5.26 Å². The van der Waals surface area contributed by atoms with Gasteiger partial charge in [0.2, 0.25) is 5.91 Å². The van der Waals surface area contributed by atoms with Crippen molar-refractivity contribution in [2.24, 2.45) is 10.8 Å². The molecular formula is C12H20N2O. The van der Waals surface area contributed by atoms with Crippen LogP contribution in [0.5, 0.6) is 0 Å². The van der Waals surface area contributed by atoms with Gasteiger partial charge in [0, 0.05) is 13.6 Å². The van der Waals surface area contributed by atoms with E-state index in [1.165, 1.54) is 0 Å². The molecule has 1 saturated carbocycles. The minimum atomic E-state index is -0.660.